The molecule has 0 unspecified atom stereocenters. The van der Waals surface area contributed by atoms with Gasteiger partial charge in [-0.3, -0.25) is 0 Å². The van der Waals surface area contributed by atoms with Crippen molar-refractivity contribution < 1.29 is 28.8 Å². The average molecular weight is 398 g/mol. The van der Waals surface area contributed by atoms with Gasteiger partial charge in [0.2, 0.25) is 0 Å². The summed E-state index contributed by atoms with van der Waals surface area (Å²) in [6, 6.07) is 19.4. The average Bonchev–Trinajstić information content (AvgIpc) is 2.78. The molecule has 2 fully saturated rings. The maximum absolute atomic E-state index is 11.1. The molecule has 1 N–H and O–H groups in total. The fourth-order valence-electron chi connectivity index (χ4n) is 3.59. The molecule has 0 spiro atoms. The lowest BCUT2D eigenvalue weighted by Crippen LogP contribution is -2.62. The van der Waals surface area contributed by atoms with Crippen LogP contribution in [0, 0.1) is 0 Å². The molecule has 6 nitrogen and oxygen atoms in total. The van der Waals surface area contributed by atoms with Gasteiger partial charge in [-0.2, -0.15) is 0 Å². The number of rotatable bonds is 7. The van der Waals surface area contributed by atoms with Crippen LogP contribution < -0.4 is 0 Å². The Labute approximate surface area is 170 Å². The molecule has 0 amide bonds. The van der Waals surface area contributed by atoms with Crippen LogP contribution in [0.4, 0.5) is 0 Å². The zero-order valence-electron chi connectivity index (χ0n) is 16.1. The lowest BCUT2D eigenvalue weighted by atomic mass is 9.97. The van der Waals surface area contributed by atoms with Crippen LogP contribution in [0.25, 0.3) is 0 Å². The van der Waals surface area contributed by atoms with Gasteiger partial charge in [0.15, 0.2) is 12.6 Å². The molecule has 0 radical (unpaired) electrons. The quantitative estimate of drug-likeness (QED) is 0.724. The van der Waals surface area contributed by atoms with Gasteiger partial charge in [0, 0.05) is 5.56 Å². The first-order chi connectivity index (χ1) is 14.3. The molecule has 0 saturated carbocycles. The van der Waals surface area contributed by atoms with Gasteiger partial charge in [0.1, 0.15) is 24.4 Å². The van der Waals surface area contributed by atoms with Crippen LogP contribution in [0.1, 0.15) is 17.4 Å². The van der Waals surface area contributed by atoms with Crippen molar-refractivity contribution in [3.05, 3.63) is 84.4 Å². The minimum Gasteiger partial charge on any atom is -0.387 e. The van der Waals surface area contributed by atoms with Gasteiger partial charge in [0.25, 0.3) is 0 Å². The van der Waals surface area contributed by atoms with Gasteiger partial charge in [-0.05, 0) is 5.56 Å². The van der Waals surface area contributed by atoms with Crippen molar-refractivity contribution in [2.75, 3.05) is 13.2 Å². The minimum atomic E-state index is -0.928. The van der Waals surface area contributed by atoms with Crippen molar-refractivity contribution in [1.29, 1.82) is 0 Å². The summed E-state index contributed by atoms with van der Waals surface area (Å²) in [5, 5.41) is 11.1. The lowest BCUT2D eigenvalue weighted by Gasteiger charge is -2.47. The SMILES string of the molecule is C=CCO[C@@H]1O[C@@H]2CO[C@H](c3ccccc3)O[C@@H]2[C@H](O)[C@H]1OCc1ccccc1. The highest BCUT2D eigenvalue weighted by Gasteiger charge is 2.50. The summed E-state index contributed by atoms with van der Waals surface area (Å²) in [6.45, 7) is 4.58. The van der Waals surface area contributed by atoms with Crippen LogP contribution in [0.2, 0.25) is 0 Å². The number of ether oxygens (including phenoxy) is 5. The second kappa shape index (κ2) is 9.63. The molecule has 6 heteroatoms. The van der Waals surface area contributed by atoms with E-state index < -0.39 is 37.0 Å². The Morgan fingerprint density at radius 3 is 2.45 bits per heavy atom. The van der Waals surface area contributed by atoms with Gasteiger partial charge < -0.3 is 28.8 Å². The molecule has 6 atom stereocenters. The van der Waals surface area contributed by atoms with E-state index in [-0.39, 0.29) is 6.61 Å². The van der Waals surface area contributed by atoms with Crippen molar-refractivity contribution in [3.8, 4) is 0 Å². The van der Waals surface area contributed by atoms with Gasteiger partial charge >= 0.3 is 0 Å². The van der Waals surface area contributed by atoms with E-state index in [4.69, 9.17) is 23.7 Å². The van der Waals surface area contributed by atoms with E-state index >= 15 is 0 Å². The van der Waals surface area contributed by atoms with E-state index in [9.17, 15) is 5.11 Å². The third kappa shape index (κ3) is 4.75. The summed E-state index contributed by atoms with van der Waals surface area (Å²) >= 11 is 0. The largest absolute Gasteiger partial charge is 0.387 e. The molecule has 154 valence electrons. The molecule has 2 saturated heterocycles. The summed E-state index contributed by atoms with van der Waals surface area (Å²) in [4.78, 5) is 0. The Balaban J connectivity index is 1.48. The molecule has 2 aromatic rings. The summed E-state index contributed by atoms with van der Waals surface area (Å²) in [5.41, 5.74) is 1.89. The Kier molecular flexibility index (Phi) is 6.71. The zero-order valence-corrected chi connectivity index (χ0v) is 16.1. The number of fused-ring (bicyclic) bond motifs is 1. The molecular formula is C23H26O6. The van der Waals surface area contributed by atoms with E-state index in [1.54, 1.807) is 6.08 Å². The summed E-state index contributed by atoms with van der Waals surface area (Å²) in [5.74, 6) is 0. The highest BCUT2D eigenvalue weighted by atomic mass is 16.8. The molecule has 2 heterocycles. The van der Waals surface area contributed by atoms with Crippen LogP contribution in [0.15, 0.2) is 73.3 Å². The summed E-state index contributed by atoms with van der Waals surface area (Å²) in [6.07, 6.45) is -2.33. The first kappa shape index (κ1) is 20.2. The number of hydrogen-bond acceptors (Lipinski definition) is 6. The molecule has 2 aliphatic heterocycles. The Hall–Kier alpha value is -2.06. The van der Waals surface area contributed by atoms with Gasteiger partial charge in [0.05, 0.1) is 19.8 Å². The Morgan fingerprint density at radius 2 is 1.72 bits per heavy atom. The zero-order chi connectivity index (χ0) is 20.1. The molecular weight excluding hydrogens is 372 g/mol. The highest BCUT2D eigenvalue weighted by Crippen LogP contribution is 2.35. The first-order valence-electron chi connectivity index (χ1n) is 9.80. The minimum absolute atomic E-state index is 0.286. The molecule has 2 aliphatic rings. The van der Waals surface area contributed by atoms with Crippen LogP contribution in [-0.2, 0) is 30.3 Å². The van der Waals surface area contributed by atoms with Crippen LogP contribution in [0.3, 0.4) is 0 Å². The summed E-state index contributed by atoms with van der Waals surface area (Å²) < 4.78 is 29.7. The predicted octanol–water partition coefficient (Wildman–Crippen LogP) is 2.97. The van der Waals surface area contributed by atoms with E-state index in [0.717, 1.165) is 11.1 Å². The predicted molar refractivity (Wildman–Crippen MR) is 106 cm³/mol. The molecule has 2 aromatic carbocycles. The standard InChI is InChI=1S/C23H26O6/c1-2-13-25-23-21(26-14-16-9-5-3-6-10-16)19(24)20-18(28-23)15-27-22(29-20)17-11-7-4-8-12-17/h2-12,18-24H,1,13-15H2/t18-,19+,20+,21-,22+,23-/m1/s1. The lowest BCUT2D eigenvalue weighted by molar-refractivity contribution is -0.365. The van der Waals surface area contributed by atoms with Crippen LogP contribution >= 0.6 is 0 Å². The normalized spacial score (nSPS) is 31.8. The number of hydrogen-bond donors (Lipinski definition) is 1. The molecule has 0 aromatic heterocycles. The van der Waals surface area contributed by atoms with E-state index in [1.807, 2.05) is 60.7 Å². The number of aliphatic hydroxyl groups is 1. The Bertz CT molecular complexity index is 767. The monoisotopic (exact) mass is 398 g/mol. The number of benzene rings is 2. The van der Waals surface area contributed by atoms with Crippen molar-refractivity contribution in [2.24, 2.45) is 0 Å². The maximum atomic E-state index is 11.1. The first-order valence-corrected chi connectivity index (χ1v) is 9.80. The third-order valence-corrected chi connectivity index (χ3v) is 5.04. The van der Waals surface area contributed by atoms with E-state index in [1.165, 1.54) is 0 Å². The number of aliphatic hydroxyl groups excluding tert-OH is 1. The highest BCUT2D eigenvalue weighted by molar-refractivity contribution is 5.17. The topological polar surface area (TPSA) is 66.4 Å². The molecule has 4 rings (SSSR count). The van der Waals surface area contributed by atoms with E-state index in [2.05, 4.69) is 6.58 Å². The van der Waals surface area contributed by atoms with Gasteiger partial charge in [-0.25, -0.2) is 0 Å². The smallest absolute Gasteiger partial charge is 0.187 e. The third-order valence-electron chi connectivity index (χ3n) is 5.04. The Morgan fingerprint density at radius 1 is 1.00 bits per heavy atom. The molecule has 0 bridgehead atoms. The second-order valence-corrected chi connectivity index (χ2v) is 7.09. The van der Waals surface area contributed by atoms with Crippen LogP contribution in [0.5, 0.6) is 0 Å². The van der Waals surface area contributed by atoms with Crippen molar-refractivity contribution >= 4 is 0 Å². The fraction of sp³-hybridized carbons (Fsp3) is 0.391. The second-order valence-electron chi connectivity index (χ2n) is 7.09. The van der Waals surface area contributed by atoms with Gasteiger partial charge in [-0.15, -0.1) is 6.58 Å². The summed E-state index contributed by atoms with van der Waals surface area (Å²) in [7, 11) is 0. The van der Waals surface area contributed by atoms with Crippen molar-refractivity contribution in [2.45, 2.75) is 43.6 Å². The van der Waals surface area contributed by atoms with E-state index in [0.29, 0.717) is 13.2 Å². The molecule has 29 heavy (non-hydrogen) atoms. The molecule has 0 aliphatic carbocycles. The fourth-order valence-corrected chi connectivity index (χ4v) is 3.59. The van der Waals surface area contributed by atoms with Gasteiger partial charge in [-0.1, -0.05) is 66.7 Å². The maximum Gasteiger partial charge on any atom is 0.187 e. The van der Waals surface area contributed by atoms with Crippen molar-refractivity contribution in [1.82, 2.24) is 0 Å². The van der Waals surface area contributed by atoms with Crippen molar-refractivity contribution in [3.63, 3.8) is 0 Å². The van der Waals surface area contributed by atoms with Crippen LogP contribution in [-0.4, -0.2) is 49.0 Å².